The highest BCUT2D eigenvalue weighted by molar-refractivity contribution is 5.25. The number of alkyl halides is 22. The SMILES string of the molecule is FC(F)(F)C1(C(F)(F)C(F)(F)C(F)(F)C(F)(F)C(F)(F)C(F)(F)C(F)(F)C(F)(F)C2(C(F)(F)F)N=N2)N=N1. The van der Waals surface area contributed by atoms with E-state index in [0.29, 0.717) is 0 Å². The molecule has 2 aliphatic heterocycles. The molecular formula is C12F22N4. The minimum Gasteiger partial charge on any atom is -0.194 e. The normalized spacial score (nSPS) is 21.1. The first-order chi connectivity index (χ1) is 16.2. The van der Waals surface area contributed by atoms with Gasteiger partial charge in [-0.25, -0.2) is 0 Å². The Labute approximate surface area is 189 Å². The van der Waals surface area contributed by atoms with Crippen LogP contribution in [0.4, 0.5) is 96.6 Å². The first-order valence-electron chi connectivity index (χ1n) is 8.20. The van der Waals surface area contributed by atoms with Crippen molar-refractivity contribution < 1.29 is 96.6 Å². The zero-order valence-corrected chi connectivity index (χ0v) is 16.1. The lowest BCUT2D eigenvalue weighted by molar-refractivity contribution is -0.461. The molecule has 0 spiro atoms. The quantitative estimate of drug-likeness (QED) is 0.240. The molecule has 0 N–H and O–H groups in total. The molecule has 0 radical (unpaired) electrons. The van der Waals surface area contributed by atoms with Crippen LogP contribution in [0.2, 0.25) is 0 Å². The largest absolute Gasteiger partial charge is 0.444 e. The highest BCUT2D eigenvalue weighted by Crippen LogP contribution is 2.69. The Kier molecular flexibility index (Phi) is 6.07. The average Bonchev–Trinajstić information content (AvgIpc) is 3.57. The van der Waals surface area contributed by atoms with E-state index in [1.807, 2.05) is 0 Å². The van der Waals surface area contributed by atoms with Crippen molar-refractivity contribution in [2.75, 3.05) is 0 Å². The summed E-state index contributed by atoms with van der Waals surface area (Å²) in [4.78, 5) is 0. The van der Waals surface area contributed by atoms with Gasteiger partial charge in [0.15, 0.2) is 0 Å². The predicted molar refractivity (Wildman–Crippen MR) is 66.9 cm³/mol. The maximum Gasteiger partial charge on any atom is 0.444 e. The fourth-order valence-corrected chi connectivity index (χ4v) is 2.55. The maximum atomic E-state index is 13.7. The number of hydrogen-bond acceptors (Lipinski definition) is 4. The summed E-state index contributed by atoms with van der Waals surface area (Å²) in [6.45, 7) is 0. The second-order valence-electron chi connectivity index (χ2n) is 7.34. The van der Waals surface area contributed by atoms with Gasteiger partial charge in [-0.1, -0.05) is 0 Å². The second-order valence-corrected chi connectivity index (χ2v) is 7.34. The molecule has 0 unspecified atom stereocenters. The number of halogens is 22. The Balaban J connectivity index is 2.67. The van der Waals surface area contributed by atoms with Crippen LogP contribution in [-0.2, 0) is 0 Å². The summed E-state index contributed by atoms with van der Waals surface area (Å²) in [6.07, 6.45) is -14.0. The Hall–Kier alpha value is -2.34. The van der Waals surface area contributed by atoms with Crippen molar-refractivity contribution in [2.24, 2.45) is 20.5 Å². The molecule has 0 aliphatic carbocycles. The molecule has 0 amide bonds. The van der Waals surface area contributed by atoms with E-state index in [1.165, 1.54) is 20.5 Å². The summed E-state index contributed by atoms with van der Waals surface area (Å²) in [5.41, 5.74) is -12.2. The molecule has 0 aromatic rings. The number of nitrogens with zero attached hydrogens (tertiary/aromatic N) is 4. The minimum absolute atomic E-state index is 1.19. The first-order valence-corrected chi connectivity index (χ1v) is 8.20. The van der Waals surface area contributed by atoms with Gasteiger partial charge in [0.25, 0.3) is 0 Å². The summed E-state index contributed by atoms with van der Waals surface area (Å²) in [6, 6.07) is 0. The number of rotatable bonds is 9. The number of hydrogen-bond donors (Lipinski definition) is 0. The van der Waals surface area contributed by atoms with Crippen LogP contribution in [0.15, 0.2) is 20.5 Å². The van der Waals surface area contributed by atoms with Crippen LogP contribution in [0.5, 0.6) is 0 Å². The van der Waals surface area contributed by atoms with Crippen LogP contribution >= 0.6 is 0 Å². The van der Waals surface area contributed by atoms with E-state index in [4.69, 9.17) is 0 Å². The van der Waals surface area contributed by atoms with Gasteiger partial charge in [-0.3, -0.25) is 0 Å². The summed E-state index contributed by atoms with van der Waals surface area (Å²) in [7, 11) is 0. The molecule has 2 aliphatic rings. The zero-order valence-electron chi connectivity index (χ0n) is 16.1. The van der Waals surface area contributed by atoms with E-state index in [1.54, 1.807) is 0 Å². The molecule has 0 bridgehead atoms. The van der Waals surface area contributed by atoms with Crippen LogP contribution in [0, 0.1) is 0 Å². The van der Waals surface area contributed by atoms with E-state index >= 15 is 0 Å². The lowest BCUT2D eigenvalue weighted by Crippen LogP contribution is -2.77. The monoisotopic (exact) mass is 618 g/mol. The Morgan fingerprint density at radius 3 is 0.553 bits per heavy atom. The van der Waals surface area contributed by atoms with Gasteiger partial charge >= 0.3 is 71.1 Å². The predicted octanol–water partition coefficient (Wildman–Crippen LogP) is 7.52. The van der Waals surface area contributed by atoms with Crippen molar-refractivity contribution >= 4 is 0 Å². The van der Waals surface area contributed by atoms with Crippen molar-refractivity contribution in [3.63, 3.8) is 0 Å². The van der Waals surface area contributed by atoms with Gasteiger partial charge in [0.05, 0.1) is 0 Å². The standard InChI is InChI=1S/C12F22N4/c13-1(14,3(17,18)5(21,22)7(25,26)9(35-36-9)11(29,30)31)2(15,16)4(19,20)6(23,24)8(27,28)10(37-38-10)12(32,33)34. The van der Waals surface area contributed by atoms with Crippen molar-refractivity contribution in [1.82, 2.24) is 0 Å². The van der Waals surface area contributed by atoms with Crippen LogP contribution in [-0.4, -0.2) is 71.1 Å². The Bertz CT molecular complexity index is 936. The molecule has 0 atom stereocenters. The topological polar surface area (TPSA) is 49.4 Å². The van der Waals surface area contributed by atoms with Crippen molar-refractivity contribution in [2.45, 2.75) is 71.1 Å². The summed E-state index contributed by atoms with van der Waals surface area (Å²) in [5, 5.41) is 4.75. The zero-order chi connectivity index (χ0) is 30.8. The van der Waals surface area contributed by atoms with Gasteiger partial charge < -0.3 is 0 Å². The second kappa shape index (κ2) is 7.24. The van der Waals surface area contributed by atoms with Gasteiger partial charge in [-0.05, 0) is 0 Å². The lowest BCUT2D eigenvalue weighted by Gasteiger charge is -2.44. The van der Waals surface area contributed by atoms with Crippen molar-refractivity contribution in [3.8, 4) is 0 Å². The third-order valence-electron chi connectivity index (χ3n) is 5.03. The van der Waals surface area contributed by atoms with Gasteiger partial charge in [0, 0.05) is 0 Å². The Morgan fingerprint density at radius 1 is 0.263 bits per heavy atom. The van der Waals surface area contributed by atoms with Crippen LogP contribution in [0.1, 0.15) is 0 Å². The molecule has 0 saturated heterocycles. The fraction of sp³-hybridized carbons (Fsp3) is 1.00. The van der Waals surface area contributed by atoms with Gasteiger partial charge in [0.2, 0.25) is 0 Å². The van der Waals surface area contributed by atoms with Gasteiger partial charge in [-0.2, -0.15) is 96.6 Å². The van der Waals surface area contributed by atoms with E-state index in [9.17, 15) is 96.6 Å². The molecule has 2 rings (SSSR count). The molecular weight excluding hydrogens is 618 g/mol. The fourth-order valence-electron chi connectivity index (χ4n) is 2.55. The first kappa shape index (κ1) is 31.9. The smallest absolute Gasteiger partial charge is 0.194 e. The molecule has 0 aromatic carbocycles. The van der Waals surface area contributed by atoms with Crippen LogP contribution < -0.4 is 0 Å². The van der Waals surface area contributed by atoms with Crippen molar-refractivity contribution in [1.29, 1.82) is 0 Å². The summed E-state index contributed by atoms with van der Waals surface area (Å²) >= 11 is 0. The third kappa shape index (κ3) is 3.16. The molecule has 222 valence electrons. The average molecular weight is 618 g/mol. The molecule has 26 heteroatoms. The van der Waals surface area contributed by atoms with E-state index in [0.717, 1.165) is 0 Å². The highest BCUT2D eigenvalue weighted by Gasteiger charge is 3.00. The van der Waals surface area contributed by atoms with Crippen molar-refractivity contribution in [3.05, 3.63) is 0 Å². The molecule has 0 aromatic heterocycles. The lowest BCUT2D eigenvalue weighted by atomic mass is 9.83. The summed E-state index contributed by atoms with van der Waals surface area (Å²) < 4.78 is 294. The van der Waals surface area contributed by atoms with E-state index in [-0.39, 0.29) is 0 Å². The van der Waals surface area contributed by atoms with Gasteiger partial charge in [0.1, 0.15) is 0 Å². The van der Waals surface area contributed by atoms with E-state index < -0.39 is 71.1 Å². The summed E-state index contributed by atoms with van der Waals surface area (Å²) in [5.74, 6) is -69.4. The Morgan fingerprint density at radius 2 is 0.421 bits per heavy atom. The van der Waals surface area contributed by atoms with Gasteiger partial charge in [-0.15, -0.1) is 20.5 Å². The molecule has 38 heavy (non-hydrogen) atoms. The third-order valence-corrected chi connectivity index (χ3v) is 5.03. The molecule has 2 heterocycles. The van der Waals surface area contributed by atoms with E-state index in [2.05, 4.69) is 0 Å². The maximum absolute atomic E-state index is 13.7. The van der Waals surface area contributed by atoms with Crippen LogP contribution in [0.3, 0.4) is 0 Å². The molecule has 0 fully saturated rings. The molecule has 4 nitrogen and oxygen atoms in total. The minimum atomic E-state index is -9.17. The highest BCUT2D eigenvalue weighted by atomic mass is 19.4. The van der Waals surface area contributed by atoms with Crippen LogP contribution in [0.25, 0.3) is 0 Å². The molecule has 0 saturated carbocycles.